The summed E-state index contributed by atoms with van der Waals surface area (Å²) in [5, 5.41) is 0. The van der Waals surface area contributed by atoms with Crippen LogP contribution >= 0.6 is 0 Å². The molecule has 0 bridgehead atoms. The maximum Gasteiger partial charge on any atom is 0.355 e. The number of rotatable bonds is 3. The van der Waals surface area contributed by atoms with Crippen molar-refractivity contribution in [1.82, 2.24) is 4.98 Å². The number of Topliss-reactive ketones (excluding diaryl/α,β-unsaturated/α-hetero) is 1. The number of H-pyrrole nitrogens is 1. The second kappa shape index (κ2) is 5.71. The van der Waals surface area contributed by atoms with E-state index in [1.165, 1.54) is 7.11 Å². The van der Waals surface area contributed by atoms with E-state index < -0.39 is 17.9 Å². The predicted octanol–water partition coefficient (Wildman–Crippen LogP) is 1.66. The average Bonchev–Trinajstić information content (AvgIpc) is 2.75. The van der Waals surface area contributed by atoms with Gasteiger partial charge in [-0.2, -0.15) is 0 Å². The summed E-state index contributed by atoms with van der Waals surface area (Å²) in [4.78, 5) is 39.2. The average molecular weight is 293 g/mol. The standard InChI is InChI=1S/C15H19NO5/c1-5-21-15(19)12-8(3)11-9(16-12)6-7(2)10(13(11)17)14(18)20-4/h7,10,16H,5-6H2,1-4H3/t7-,10+/m1/s1. The fraction of sp³-hybridized carbons (Fsp3) is 0.533. The Balaban J connectivity index is 2.45. The molecule has 0 unspecified atom stereocenters. The molecule has 1 aromatic heterocycles. The fourth-order valence-electron chi connectivity index (χ4n) is 2.87. The Hall–Kier alpha value is -2.11. The number of hydrogen-bond acceptors (Lipinski definition) is 5. The number of aromatic nitrogens is 1. The van der Waals surface area contributed by atoms with Crippen molar-refractivity contribution in [3.63, 3.8) is 0 Å². The van der Waals surface area contributed by atoms with Crippen molar-refractivity contribution in [3.8, 4) is 0 Å². The quantitative estimate of drug-likeness (QED) is 0.676. The number of methoxy groups -OCH3 is 1. The molecule has 0 aliphatic heterocycles. The molecule has 0 fully saturated rings. The number of nitrogens with one attached hydrogen (secondary N) is 1. The molecule has 0 spiro atoms. The normalized spacial score (nSPS) is 20.9. The Morgan fingerprint density at radius 2 is 2.05 bits per heavy atom. The number of carbonyl (C=O) groups is 3. The first kappa shape index (κ1) is 15.3. The van der Waals surface area contributed by atoms with Crippen LogP contribution in [0.4, 0.5) is 0 Å². The van der Waals surface area contributed by atoms with Crippen LogP contribution in [-0.4, -0.2) is 36.4 Å². The molecule has 0 saturated carbocycles. The molecule has 6 nitrogen and oxygen atoms in total. The topological polar surface area (TPSA) is 85.5 Å². The Labute approximate surface area is 122 Å². The van der Waals surface area contributed by atoms with Crippen molar-refractivity contribution in [2.45, 2.75) is 27.2 Å². The lowest BCUT2D eigenvalue weighted by molar-refractivity contribution is -0.145. The van der Waals surface area contributed by atoms with Crippen LogP contribution in [0.15, 0.2) is 0 Å². The van der Waals surface area contributed by atoms with Crippen LogP contribution in [0.2, 0.25) is 0 Å². The number of esters is 2. The monoisotopic (exact) mass is 293 g/mol. The predicted molar refractivity (Wildman–Crippen MR) is 74.2 cm³/mol. The summed E-state index contributed by atoms with van der Waals surface area (Å²) in [6, 6.07) is 0. The van der Waals surface area contributed by atoms with Gasteiger partial charge in [0.25, 0.3) is 0 Å². The fourth-order valence-corrected chi connectivity index (χ4v) is 2.87. The van der Waals surface area contributed by atoms with Crippen LogP contribution in [0.5, 0.6) is 0 Å². The summed E-state index contributed by atoms with van der Waals surface area (Å²) >= 11 is 0. The molecular weight excluding hydrogens is 274 g/mol. The van der Waals surface area contributed by atoms with Gasteiger partial charge in [0.1, 0.15) is 11.6 Å². The van der Waals surface area contributed by atoms with Crippen LogP contribution in [-0.2, 0) is 20.7 Å². The zero-order valence-electron chi connectivity index (χ0n) is 12.6. The molecule has 6 heteroatoms. The Morgan fingerprint density at radius 1 is 1.38 bits per heavy atom. The van der Waals surface area contributed by atoms with Gasteiger partial charge in [-0.3, -0.25) is 9.59 Å². The molecule has 21 heavy (non-hydrogen) atoms. The maximum atomic E-state index is 12.6. The molecular formula is C15H19NO5. The first-order valence-corrected chi connectivity index (χ1v) is 6.92. The van der Waals surface area contributed by atoms with Crippen LogP contribution in [0.25, 0.3) is 0 Å². The Kier molecular flexibility index (Phi) is 4.16. The van der Waals surface area contributed by atoms with Gasteiger partial charge in [0, 0.05) is 11.3 Å². The van der Waals surface area contributed by atoms with E-state index >= 15 is 0 Å². The number of ether oxygens (including phenoxy) is 2. The zero-order chi connectivity index (χ0) is 15.7. The highest BCUT2D eigenvalue weighted by Gasteiger charge is 2.41. The van der Waals surface area contributed by atoms with E-state index in [4.69, 9.17) is 9.47 Å². The van der Waals surface area contributed by atoms with Crippen molar-refractivity contribution in [2.75, 3.05) is 13.7 Å². The molecule has 1 aliphatic carbocycles. The van der Waals surface area contributed by atoms with Crippen LogP contribution in [0.1, 0.15) is 46.0 Å². The highest BCUT2D eigenvalue weighted by atomic mass is 16.5. The lowest BCUT2D eigenvalue weighted by Crippen LogP contribution is -2.36. The molecule has 114 valence electrons. The van der Waals surface area contributed by atoms with Gasteiger partial charge in [-0.1, -0.05) is 6.92 Å². The van der Waals surface area contributed by atoms with Gasteiger partial charge in [0.2, 0.25) is 0 Å². The van der Waals surface area contributed by atoms with Crippen LogP contribution < -0.4 is 0 Å². The molecule has 1 heterocycles. The Morgan fingerprint density at radius 3 is 2.62 bits per heavy atom. The minimum Gasteiger partial charge on any atom is -0.468 e. The summed E-state index contributed by atoms with van der Waals surface area (Å²) in [6.07, 6.45) is 0.515. The smallest absolute Gasteiger partial charge is 0.355 e. The SMILES string of the molecule is CCOC(=O)c1[nH]c2c(c1C)C(=O)[C@@H](C(=O)OC)[C@H](C)C2. The largest absolute Gasteiger partial charge is 0.468 e. The number of ketones is 1. The minimum atomic E-state index is -0.813. The third-order valence-corrected chi connectivity index (χ3v) is 3.89. The van der Waals surface area contributed by atoms with Gasteiger partial charge >= 0.3 is 11.9 Å². The van der Waals surface area contributed by atoms with Gasteiger partial charge in [0.15, 0.2) is 5.78 Å². The maximum absolute atomic E-state index is 12.6. The van der Waals surface area contributed by atoms with Crippen molar-refractivity contribution >= 4 is 17.7 Å². The van der Waals surface area contributed by atoms with E-state index in [-0.39, 0.29) is 24.0 Å². The molecule has 1 aliphatic rings. The summed E-state index contributed by atoms with van der Waals surface area (Å²) in [5.41, 5.74) is 1.93. The van der Waals surface area contributed by atoms with Gasteiger partial charge in [0.05, 0.1) is 13.7 Å². The zero-order valence-corrected chi connectivity index (χ0v) is 12.6. The molecule has 0 saturated heterocycles. The number of fused-ring (bicyclic) bond motifs is 1. The van der Waals surface area contributed by atoms with E-state index in [0.29, 0.717) is 23.2 Å². The second-order valence-electron chi connectivity index (χ2n) is 5.25. The lowest BCUT2D eigenvalue weighted by atomic mass is 9.77. The van der Waals surface area contributed by atoms with E-state index in [0.717, 1.165) is 0 Å². The second-order valence-corrected chi connectivity index (χ2v) is 5.25. The molecule has 2 atom stereocenters. The summed E-state index contributed by atoms with van der Waals surface area (Å²) in [7, 11) is 1.27. The number of carbonyl (C=O) groups excluding carboxylic acids is 3. The molecule has 2 rings (SSSR count). The third-order valence-electron chi connectivity index (χ3n) is 3.89. The van der Waals surface area contributed by atoms with Crippen LogP contribution in [0.3, 0.4) is 0 Å². The Bertz CT molecular complexity index is 601. The van der Waals surface area contributed by atoms with Crippen LogP contribution in [0, 0.1) is 18.8 Å². The van der Waals surface area contributed by atoms with Crippen molar-refractivity contribution < 1.29 is 23.9 Å². The number of aromatic amines is 1. The molecule has 0 amide bonds. The van der Waals surface area contributed by atoms with Crippen molar-refractivity contribution in [3.05, 3.63) is 22.5 Å². The molecule has 1 N–H and O–H groups in total. The van der Waals surface area contributed by atoms with E-state index in [9.17, 15) is 14.4 Å². The molecule has 0 radical (unpaired) electrons. The van der Waals surface area contributed by atoms with E-state index in [1.54, 1.807) is 13.8 Å². The lowest BCUT2D eigenvalue weighted by Gasteiger charge is -2.25. The first-order chi connectivity index (χ1) is 9.92. The van der Waals surface area contributed by atoms with E-state index in [1.807, 2.05) is 6.92 Å². The summed E-state index contributed by atoms with van der Waals surface area (Å²) in [5.74, 6) is -2.30. The van der Waals surface area contributed by atoms with Gasteiger partial charge in [-0.15, -0.1) is 0 Å². The molecule has 0 aromatic carbocycles. The van der Waals surface area contributed by atoms with Crippen molar-refractivity contribution in [1.29, 1.82) is 0 Å². The van der Waals surface area contributed by atoms with Gasteiger partial charge in [-0.25, -0.2) is 4.79 Å². The molecule has 1 aromatic rings. The van der Waals surface area contributed by atoms with Gasteiger partial charge < -0.3 is 14.5 Å². The van der Waals surface area contributed by atoms with Crippen molar-refractivity contribution in [2.24, 2.45) is 11.8 Å². The third kappa shape index (κ3) is 2.46. The highest BCUT2D eigenvalue weighted by Crippen LogP contribution is 2.34. The highest BCUT2D eigenvalue weighted by molar-refractivity contribution is 6.12. The number of hydrogen-bond donors (Lipinski definition) is 1. The minimum absolute atomic E-state index is 0.175. The van der Waals surface area contributed by atoms with E-state index in [2.05, 4.69) is 4.98 Å². The van der Waals surface area contributed by atoms with Gasteiger partial charge in [-0.05, 0) is 31.7 Å². The first-order valence-electron chi connectivity index (χ1n) is 6.92. The summed E-state index contributed by atoms with van der Waals surface area (Å²) in [6.45, 7) is 5.49. The summed E-state index contributed by atoms with van der Waals surface area (Å²) < 4.78 is 9.69.